The Morgan fingerprint density at radius 1 is 1.00 bits per heavy atom. The zero-order valence-corrected chi connectivity index (χ0v) is 15.8. The smallest absolute Gasteiger partial charge is 0.220 e. The normalized spacial score (nSPS) is 11.1. The molecule has 0 spiro atoms. The summed E-state index contributed by atoms with van der Waals surface area (Å²) in [7, 11) is 0. The summed E-state index contributed by atoms with van der Waals surface area (Å²) in [5.41, 5.74) is 2.74. The Labute approximate surface area is 159 Å². The number of ketones is 1. The van der Waals surface area contributed by atoms with Gasteiger partial charge in [0.25, 0.3) is 0 Å². The number of aromatic nitrogens is 2. The van der Waals surface area contributed by atoms with Gasteiger partial charge >= 0.3 is 0 Å². The molecule has 2 aromatic carbocycles. The number of rotatable bonds is 8. The van der Waals surface area contributed by atoms with Gasteiger partial charge in [0, 0.05) is 37.4 Å². The fourth-order valence-electron chi connectivity index (χ4n) is 3.24. The van der Waals surface area contributed by atoms with Gasteiger partial charge in [-0.1, -0.05) is 42.5 Å². The van der Waals surface area contributed by atoms with Gasteiger partial charge in [-0.25, -0.2) is 4.98 Å². The molecule has 5 heteroatoms. The summed E-state index contributed by atoms with van der Waals surface area (Å²) in [6, 6.07) is 17.4. The molecule has 5 nitrogen and oxygen atoms in total. The third kappa shape index (κ3) is 4.61. The molecular formula is C22H25N3O2. The van der Waals surface area contributed by atoms with Crippen LogP contribution in [-0.4, -0.2) is 27.8 Å². The number of imidazole rings is 1. The minimum Gasteiger partial charge on any atom is -0.356 e. The summed E-state index contributed by atoms with van der Waals surface area (Å²) >= 11 is 0. The molecule has 1 N–H and O–H groups in total. The average Bonchev–Trinajstić information content (AvgIpc) is 3.05. The topological polar surface area (TPSA) is 64.0 Å². The van der Waals surface area contributed by atoms with Crippen molar-refractivity contribution in [2.75, 3.05) is 6.54 Å². The lowest BCUT2D eigenvalue weighted by Gasteiger charge is -2.13. The van der Waals surface area contributed by atoms with E-state index in [2.05, 4.69) is 29.8 Å². The molecule has 0 radical (unpaired) electrons. The van der Waals surface area contributed by atoms with Gasteiger partial charge in [0.2, 0.25) is 5.91 Å². The number of nitrogens with zero attached hydrogens (tertiary/aromatic N) is 2. The summed E-state index contributed by atoms with van der Waals surface area (Å²) < 4.78 is 2.21. The number of carbonyl (C=O) groups is 2. The van der Waals surface area contributed by atoms with Crippen LogP contribution in [0.4, 0.5) is 0 Å². The van der Waals surface area contributed by atoms with E-state index in [1.54, 1.807) is 12.1 Å². The van der Waals surface area contributed by atoms with E-state index in [4.69, 9.17) is 4.98 Å². The van der Waals surface area contributed by atoms with Gasteiger partial charge in [-0.05, 0) is 26.0 Å². The van der Waals surface area contributed by atoms with Crippen LogP contribution in [0.25, 0.3) is 11.0 Å². The van der Waals surface area contributed by atoms with Crippen molar-refractivity contribution in [1.82, 2.24) is 14.9 Å². The van der Waals surface area contributed by atoms with Gasteiger partial charge in [0.1, 0.15) is 5.82 Å². The lowest BCUT2D eigenvalue weighted by molar-refractivity contribution is -0.121. The number of fused-ring (bicyclic) bond motifs is 1. The fourth-order valence-corrected chi connectivity index (χ4v) is 3.24. The first-order chi connectivity index (χ1) is 13.1. The van der Waals surface area contributed by atoms with Crippen LogP contribution in [-0.2, 0) is 11.2 Å². The first-order valence-corrected chi connectivity index (χ1v) is 9.37. The number of Topliss-reactive ketones (excluding diaryl/α,β-unsaturated/α-hetero) is 1. The highest BCUT2D eigenvalue weighted by molar-refractivity contribution is 5.97. The molecule has 3 aromatic rings. The van der Waals surface area contributed by atoms with E-state index in [0.29, 0.717) is 24.6 Å². The van der Waals surface area contributed by atoms with Crippen LogP contribution >= 0.6 is 0 Å². The van der Waals surface area contributed by atoms with E-state index in [9.17, 15) is 9.59 Å². The highest BCUT2D eigenvalue weighted by Gasteiger charge is 2.13. The van der Waals surface area contributed by atoms with Crippen LogP contribution in [0.2, 0.25) is 0 Å². The van der Waals surface area contributed by atoms with Crippen molar-refractivity contribution in [3.63, 3.8) is 0 Å². The highest BCUT2D eigenvalue weighted by atomic mass is 16.2. The molecule has 27 heavy (non-hydrogen) atoms. The third-order valence-electron chi connectivity index (χ3n) is 4.53. The fraction of sp³-hybridized carbons (Fsp3) is 0.318. The van der Waals surface area contributed by atoms with Crippen molar-refractivity contribution in [2.45, 2.75) is 39.2 Å². The second-order valence-corrected chi connectivity index (χ2v) is 6.87. The highest BCUT2D eigenvalue weighted by Crippen LogP contribution is 2.21. The van der Waals surface area contributed by atoms with E-state index in [-0.39, 0.29) is 24.5 Å². The molecule has 0 aliphatic rings. The van der Waals surface area contributed by atoms with Crippen molar-refractivity contribution in [3.8, 4) is 0 Å². The summed E-state index contributed by atoms with van der Waals surface area (Å²) in [5.74, 6) is 0.853. The van der Waals surface area contributed by atoms with E-state index >= 15 is 0 Å². The van der Waals surface area contributed by atoms with Crippen LogP contribution in [0.15, 0.2) is 54.6 Å². The van der Waals surface area contributed by atoms with Crippen LogP contribution in [0.5, 0.6) is 0 Å². The van der Waals surface area contributed by atoms with Gasteiger partial charge in [-0.15, -0.1) is 0 Å². The standard InChI is InChI=1S/C22H25N3O2/c1-16(2)25-19-11-7-6-10-18(19)24-21(25)14-15-23-22(27)13-12-20(26)17-8-4-3-5-9-17/h3-11,16H,12-15H2,1-2H3,(H,23,27). The molecule has 1 aromatic heterocycles. The lowest BCUT2D eigenvalue weighted by atomic mass is 10.1. The van der Waals surface area contributed by atoms with Crippen LogP contribution in [0, 0.1) is 0 Å². The zero-order valence-electron chi connectivity index (χ0n) is 15.8. The molecule has 0 saturated carbocycles. The molecule has 0 atom stereocenters. The zero-order chi connectivity index (χ0) is 19.2. The van der Waals surface area contributed by atoms with Crippen molar-refractivity contribution in [2.24, 2.45) is 0 Å². The molecule has 140 valence electrons. The van der Waals surface area contributed by atoms with E-state index in [0.717, 1.165) is 16.9 Å². The molecular weight excluding hydrogens is 338 g/mol. The average molecular weight is 363 g/mol. The quantitative estimate of drug-likeness (QED) is 0.617. The largest absolute Gasteiger partial charge is 0.356 e. The monoisotopic (exact) mass is 363 g/mol. The number of para-hydroxylation sites is 2. The Balaban J connectivity index is 1.52. The van der Waals surface area contributed by atoms with Crippen LogP contribution in [0.3, 0.4) is 0 Å². The third-order valence-corrected chi connectivity index (χ3v) is 4.53. The molecule has 3 rings (SSSR count). The Kier molecular flexibility index (Phi) is 6.01. The maximum Gasteiger partial charge on any atom is 0.220 e. The second kappa shape index (κ2) is 8.62. The number of carbonyl (C=O) groups excluding carboxylic acids is 2. The molecule has 0 aliphatic heterocycles. The number of hydrogen-bond acceptors (Lipinski definition) is 3. The first kappa shape index (κ1) is 18.8. The van der Waals surface area contributed by atoms with Gasteiger partial charge in [-0.3, -0.25) is 9.59 Å². The number of hydrogen-bond donors (Lipinski definition) is 1. The Bertz CT molecular complexity index is 929. The minimum absolute atomic E-state index is 0.00708. The molecule has 0 saturated heterocycles. The first-order valence-electron chi connectivity index (χ1n) is 9.37. The number of nitrogens with one attached hydrogen (secondary N) is 1. The summed E-state index contributed by atoms with van der Waals surface area (Å²) in [5, 5.41) is 2.90. The van der Waals surface area contributed by atoms with Gasteiger partial charge < -0.3 is 9.88 Å². The molecule has 1 heterocycles. The second-order valence-electron chi connectivity index (χ2n) is 6.87. The van der Waals surface area contributed by atoms with Crippen molar-refractivity contribution in [3.05, 3.63) is 66.0 Å². The van der Waals surface area contributed by atoms with Crippen molar-refractivity contribution < 1.29 is 9.59 Å². The number of amides is 1. The van der Waals surface area contributed by atoms with Crippen molar-refractivity contribution in [1.29, 1.82) is 0 Å². The molecule has 0 unspecified atom stereocenters. The van der Waals surface area contributed by atoms with E-state index < -0.39 is 0 Å². The molecule has 0 bridgehead atoms. The SMILES string of the molecule is CC(C)n1c(CCNC(=O)CCC(=O)c2ccccc2)nc2ccccc21. The molecule has 0 fully saturated rings. The van der Waals surface area contributed by atoms with Crippen molar-refractivity contribution >= 4 is 22.7 Å². The Hall–Kier alpha value is -2.95. The number of benzene rings is 2. The summed E-state index contributed by atoms with van der Waals surface area (Å²) in [6.45, 7) is 4.77. The van der Waals surface area contributed by atoms with Gasteiger partial charge in [0.15, 0.2) is 5.78 Å². The Morgan fingerprint density at radius 3 is 2.44 bits per heavy atom. The van der Waals surface area contributed by atoms with Gasteiger partial charge in [0.05, 0.1) is 11.0 Å². The van der Waals surface area contributed by atoms with Gasteiger partial charge in [-0.2, -0.15) is 0 Å². The van der Waals surface area contributed by atoms with Crippen LogP contribution in [0.1, 0.15) is 48.9 Å². The molecule has 1 amide bonds. The minimum atomic E-state index is -0.105. The maximum atomic E-state index is 12.1. The Morgan fingerprint density at radius 2 is 1.70 bits per heavy atom. The summed E-state index contributed by atoms with van der Waals surface area (Å²) in [4.78, 5) is 28.8. The van der Waals surface area contributed by atoms with Crippen LogP contribution < -0.4 is 5.32 Å². The maximum absolute atomic E-state index is 12.1. The van der Waals surface area contributed by atoms with E-state index in [1.165, 1.54) is 0 Å². The predicted molar refractivity (Wildman–Crippen MR) is 107 cm³/mol. The molecule has 0 aliphatic carbocycles. The lowest BCUT2D eigenvalue weighted by Crippen LogP contribution is -2.27. The van der Waals surface area contributed by atoms with E-state index in [1.807, 2.05) is 36.4 Å². The summed E-state index contributed by atoms with van der Waals surface area (Å²) in [6.07, 6.45) is 1.08. The predicted octanol–water partition coefficient (Wildman–Crippen LogP) is 3.94.